The molecule has 5 heteroatoms. The van der Waals surface area contributed by atoms with Crippen LogP contribution in [0.25, 0.3) is 0 Å². The molecule has 0 aliphatic rings. The maximum atomic E-state index is 6.25. The summed E-state index contributed by atoms with van der Waals surface area (Å²) in [6, 6.07) is 0. The van der Waals surface area contributed by atoms with Crippen molar-refractivity contribution in [2.45, 2.75) is 58.1 Å². The molecule has 0 saturated carbocycles. The summed E-state index contributed by atoms with van der Waals surface area (Å²) in [6.45, 7) is 9.88. The van der Waals surface area contributed by atoms with Gasteiger partial charge in [0.25, 0.3) is 0 Å². The number of hydrogen-bond acceptors (Lipinski definition) is 5. The van der Waals surface area contributed by atoms with Gasteiger partial charge in [0.1, 0.15) is 0 Å². The van der Waals surface area contributed by atoms with Crippen LogP contribution in [0.4, 0.5) is 0 Å². The largest absolute Gasteiger partial charge is 0.379 e. The molecule has 98 valence electrons. The number of rotatable bonds is 5. The summed E-state index contributed by atoms with van der Waals surface area (Å²) in [5.74, 6) is 1.36. The van der Waals surface area contributed by atoms with Crippen molar-refractivity contribution in [3.63, 3.8) is 0 Å². The lowest BCUT2D eigenvalue weighted by atomic mass is 9.88. The molecule has 0 aliphatic heterocycles. The molecular weight excluding hydrogens is 218 g/mol. The molecule has 1 unspecified atom stereocenters. The van der Waals surface area contributed by atoms with E-state index in [1.165, 1.54) is 0 Å². The number of methoxy groups -OCH3 is 1. The molecule has 0 aromatic carbocycles. The Kier molecular flexibility index (Phi) is 3.94. The first kappa shape index (κ1) is 14.1. The van der Waals surface area contributed by atoms with Crippen LogP contribution in [-0.4, -0.2) is 22.9 Å². The van der Waals surface area contributed by atoms with Gasteiger partial charge >= 0.3 is 0 Å². The zero-order valence-electron chi connectivity index (χ0n) is 11.6. The van der Waals surface area contributed by atoms with Crippen LogP contribution >= 0.6 is 0 Å². The first-order valence-electron chi connectivity index (χ1n) is 5.86. The Morgan fingerprint density at radius 2 is 1.94 bits per heavy atom. The third-order valence-electron chi connectivity index (χ3n) is 2.79. The van der Waals surface area contributed by atoms with Gasteiger partial charge in [-0.05, 0) is 20.8 Å². The smallest absolute Gasteiger partial charge is 0.229 e. The summed E-state index contributed by atoms with van der Waals surface area (Å²) in [5, 5.41) is 3.96. The third kappa shape index (κ3) is 3.51. The highest BCUT2D eigenvalue weighted by molar-refractivity contribution is 5.05. The van der Waals surface area contributed by atoms with Crippen molar-refractivity contribution in [3.05, 3.63) is 11.7 Å². The van der Waals surface area contributed by atoms with E-state index in [0.29, 0.717) is 18.1 Å². The minimum Gasteiger partial charge on any atom is -0.379 e. The fourth-order valence-electron chi connectivity index (χ4n) is 1.74. The van der Waals surface area contributed by atoms with E-state index >= 15 is 0 Å². The maximum Gasteiger partial charge on any atom is 0.229 e. The van der Waals surface area contributed by atoms with Gasteiger partial charge in [0.2, 0.25) is 5.89 Å². The van der Waals surface area contributed by atoms with E-state index in [4.69, 9.17) is 15.0 Å². The molecule has 1 atom stereocenters. The van der Waals surface area contributed by atoms with E-state index in [-0.39, 0.29) is 11.5 Å². The van der Waals surface area contributed by atoms with Crippen LogP contribution in [0.5, 0.6) is 0 Å². The average molecular weight is 241 g/mol. The fourth-order valence-corrected chi connectivity index (χ4v) is 1.74. The molecule has 1 aromatic heterocycles. The monoisotopic (exact) mass is 241 g/mol. The van der Waals surface area contributed by atoms with Crippen molar-refractivity contribution >= 4 is 0 Å². The fraction of sp³-hybridized carbons (Fsp3) is 0.833. The van der Waals surface area contributed by atoms with Crippen LogP contribution in [0, 0.1) is 0 Å². The highest BCUT2D eigenvalue weighted by Gasteiger charge is 2.34. The van der Waals surface area contributed by atoms with E-state index in [9.17, 15) is 0 Å². The lowest BCUT2D eigenvalue weighted by molar-refractivity contribution is -0.00280. The predicted molar refractivity (Wildman–Crippen MR) is 65.6 cm³/mol. The SMILES string of the molecule is COC(C)(C)CC(C)(N)c1noc(C(C)C)n1. The van der Waals surface area contributed by atoms with Crippen LogP contribution < -0.4 is 5.73 Å². The Bertz CT molecular complexity index is 370. The Labute approximate surface area is 103 Å². The van der Waals surface area contributed by atoms with Crippen molar-refractivity contribution in [2.75, 3.05) is 7.11 Å². The highest BCUT2D eigenvalue weighted by atomic mass is 16.5. The first-order chi connectivity index (χ1) is 7.68. The molecule has 1 rings (SSSR count). The summed E-state index contributed by atoms with van der Waals surface area (Å²) in [4.78, 5) is 4.34. The van der Waals surface area contributed by atoms with E-state index in [0.717, 1.165) is 0 Å². The molecule has 5 nitrogen and oxygen atoms in total. The van der Waals surface area contributed by atoms with Crippen LogP contribution in [0.2, 0.25) is 0 Å². The molecule has 0 amide bonds. The molecule has 0 fully saturated rings. The molecule has 1 heterocycles. The van der Waals surface area contributed by atoms with Crippen molar-refractivity contribution in [2.24, 2.45) is 5.73 Å². The number of ether oxygens (including phenoxy) is 1. The van der Waals surface area contributed by atoms with Crippen molar-refractivity contribution in [1.82, 2.24) is 10.1 Å². The summed E-state index contributed by atoms with van der Waals surface area (Å²) < 4.78 is 10.6. The normalized spacial score (nSPS) is 16.2. The number of aromatic nitrogens is 2. The van der Waals surface area contributed by atoms with Gasteiger partial charge in [-0.1, -0.05) is 19.0 Å². The minimum absolute atomic E-state index is 0.211. The van der Waals surface area contributed by atoms with Gasteiger partial charge in [0.05, 0.1) is 11.1 Å². The Morgan fingerprint density at radius 3 is 2.35 bits per heavy atom. The van der Waals surface area contributed by atoms with Gasteiger partial charge < -0.3 is 15.0 Å². The van der Waals surface area contributed by atoms with Crippen molar-refractivity contribution in [1.29, 1.82) is 0 Å². The first-order valence-corrected chi connectivity index (χ1v) is 5.86. The number of nitrogens with two attached hydrogens (primary N) is 1. The molecule has 0 bridgehead atoms. The zero-order chi connectivity index (χ0) is 13.3. The van der Waals surface area contributed by atoms with Crippen molar-refractivity contribution < 1.29 is 9.26 Å². The lowest BCUT2D eigenvalue weighted by Gasteiger charge is -2.31. The van der Waals surface area contributed by atoms with E-state index < -0.39 is 5.54 Å². The summed E-state index contributed by atoms with van der Waals surface area (Å²) in [6.07, 6.45) is 0.619. The van der Waals surface area contributed by atoms with Gasteiger partial charge in [-0.15, -0.1) is 0 Å². The summed E-state index contributed by atoms with van der Waals surface area (Å²) in [5.41, 5.74) is 5.27. The van der Waals surface area contributed by atoms with Gasteiger partial charge in [-0.2, -0.15) is 4.98 Å². The molecule has 2 N–H and O–H groups in total. The standard InChI is InChI=1S/C12H23N3O2/c1-8(2)9-14-10(15-17-9)12(5,13)7-11(3,4)16-6/h8H,7,13H2,1-6H3. The number of hydrogen-bond donors (Lipinski definition) is 1. The predicted octanol–water partition coefficient (Wildman–Crippen LogP) is 2.18. The molecule has 17 heavy (non-hydrogen) atoms. The summed E-state index contributed by atoms with van der Waals surface area (Å²) in [7, 11) is 1.67. The molecular formula is C12H23N3O2. The van der Waals surface area contributed by atoms with E-state index in [1.54, 1.807) is 7.11 Å². The van der Waals surface area contributed by atoms with Gasteiger partial charge in [0.15, 0.2) is 5.82 Å². The van der Waals surface area contributed by atoms with Crippen LogP contribution in [0.3, 0.4) is 0 Å². The van der Waals surface area contributed by atoms with Crippen LogP contribution in [0.15, 0.2) is 4.52 Å². The van der Waals surface area contributed by atoms with E-state index in [1.807, 2.05) is 34.6 Å². The minimum atomic E-state index is -0.657. The van der Waals surface area contributed by atoms with E-state index in [2.05, 4.69) is 10.1 Å². The van der Waals surface area contributed by atoms with Gasteiger partial charge in [-0.25, -0.2) is 0 Å². The summed E-state index contributed by atoms with van der Waals surface area (Å²) >= 11 is 0. The average Bonchev–Trinajstić information content (AvgIpc) is 2.65. The molecule has 0 aliphatic carbocycles. The second-order valence-electron chi connectivity index (χ2n) is 5.67. The second-order valence-corrected chi connectivity index (χ2v) is 5.67. The van der Waals surface area contributed by atoms with Crippen LogP contribution in [0.1, 0.15) is 58.7 Å². The Hall–Kier alpha value is -0.940. The number of nitrogens with zero attached hydrogens (tertiary/aromatic N) is 2. The highest BCUT2D eigenvalue weighted by Crippen LogP contribution is 2.28. The van der Waals surface area contributed by atoms with Gasteiger partial charge in [0, 0.05) is 19.4 Å². The second kappa shape index (κ2) is 4.74. The molecule has 0 radical (unpaired) electrons. The van der Waals surface area contributed by atoms with Gasteiger partial charge in [-0.3, -0.25) is 0 Å². The zero-order valence-corrected chi connectivity index (χ0v) is 11.6. The van der Waals surface area contributed by atoms with Crippen molar-refractivity contribution in [3.8, 4) is 0 Å². The topological polar surface area (TPSA) is 74.2 Å². The molecule has 1 aromatic rings. The third-order valence-corrected chi connectivity index (χ3v) is 2.79. The Morgan fingerprint density at radius 1 is 1.35 bits per heavy atom. The molecule has 0 saturated heterocycles. The lowest BCUT2D eigenvalue weighted by Crippen LogP contribution is -2.42. The maximum absolute atomic E-state index is 6.25. The van der Waals surface area contributed by atoms with Crippen LogP contribution in [-0.2, 0) is 10.3 Å². The quantitative estimate of drug-likeness (QED) is 0.855. The molecule has 0 spiro atoms. The Balaban J connectivity index is 2.89.